The van der Waals surface area contributed by atoms with Gasteiger partial charge in [-0.05, 0) is 18.6 Å². The van der Waals surface area contributed by atoms with E-state index in [-0.39, 0.29) is 18.4 Å². The first kappa shape index (κ1) is 20.5. The average Bonchev–Trinajstić information content (AvgIpc) is 2.69. The van der Waals surface area contributed by atoms with E-state index in [0.29, 0.717) is 24.2 Å². The molecule has 0 saturated heterocycles. The Labute approximate surface area is 164 Å². The number of benzene rings is 2. The van der Waals surface area contributed by atoms with Gasteiger partial charge in [0.2, 0.25) is 5.95 Å². The van der Waals surface area contributed by atoms with Crippen molar-refractivity contribution >= 4 is 17.5 Å². The normalized spacial score (nSPS) is 11.3. The van der Waals surface area contributed by atoms with E-state index in [2.05, 4.69) is 20.6 Å². The number of hydrogen-bond donors (Lipinski definition) is 3. The fourth-order valence-corrected chi connectivity index (χ4v) is 2.64. The number of rotatable bonds is 7. The number of anilines is 3. The molecule has 1 heterocycles. The van der Waals surface area contributed by atoms with Crippen LogP contribution in [0.3, 0.4) is 0 Å². The second-order valence-electron chi connectivity index (χ2n) is 6.12. The number of alkyl halides is 3. The predicted octanol–water partition coefficient (Wildman–Crippen LogP) is 4.84. The van der Waals surface area contributed by atoms with E-state index in [0.717, 1.165) is 18.2 Å². The molecule has 0 unspecified atom stereocenters. The molecular formula is C20H18F4N4O. The number of hydrogen-bond acceptors (Lipinski definition) is 5. The van der Waals surface area contributed by atoms with Crippen molar-refractivity contribution in [3.63, 3.8) is 0 Å². The van der Waals surface area contributed by atoms with Crippen molar-refractivity contribution in [1.82, 2.24) is 9.97 Å². The standard InChI is InChI=1S/C20H18F4N4O/c21-15-9-4-8-14(20(22,23)24)18(15)27-17-12-16(13-6-2-1-3-7-13)26-19(28-17)25-10-5-11-29/h1-4,6-9,12,29H,5,10-11H2,(H2,25,26,27,28). The van der Waals surface area contributed by atoms with Crippen molar-refractivity contribution in [2.24, 2.45) is 0 Å². The summed E-state index contributed by atoms with van der Waals surface area (Å²) < 4.78 is 54.0. The van der Waals surface area contributed by atoms with Crippen molar-refractivity contribution in [3.05, 3.63) is 66.0 Å². The molecule has 0 atom stereocenters. The van der Waals surface area contributed by atoms with Crippen LogP contribution >= 0.6 is 0 Å². The lowest BCUT2D eigenvalue weighted by molar-refractivity contribution is -0.137. The highest BCUT2D eigenvalue weighted by Gasteiger charge is 2.35. The second kappa shape index (κ2) is 8.87. The number of para-hydroxylation sites is 1. The first-order chi connectivity index (χ1) is 13.9. The molecule has 0 bridgehead atoms. The SMILES string of the molecule is OCCCNc1nc(Nc2c(F)cccc2C(F)(F)F)cc(-c2ccccc2)n1. The molecule has 9 heteroatoms. The molecule has 0 fully saturated rings. The summed E-state index contributed by atoms with van der Waals surface area (Å²) in [6, 6.07) is 13.2. The fourth-order valence-electron chi connectivity index (χ4n) is 2.64. The molecule has 1 aromatic heterocycles. The average molecular weight is 406 g/mol. The van der Waals surface area contributed by atoms with Crippen molar-refractivity contribution in [2.75, 3.05) is 23.8 Å². The van der Waals surface area contributed by atoms with Gasteiger partial charge in [0.1, 0.15) is 11.6 Å². The van der Waals surface area contributed by atoms with E-state index < -0.39 is 23.2 Å². The van der Waals surface area contributed by atoms with Crippen molar-refractivity contribution in [1.29, 1.82) is 0 Å². The minimum Gasteiger partial charge on any atom is -0.396 e. The number of aliphatic hydroxyl groups is 1. The van der Waals surface area contributed by atoms with E-state index in [9.17, 15) is 17.6 Å². The second-order valence-corrected chi connectivity index (χ2v) is 6.12. The first-order valence-corrected chi connectivity index (χ1v) is 8.80. The molecule has 0 aliphatic heterocycles. The van der Waals surface area contributed by atoms with Gasteiger partial charge in [0.15, 0.2) is 0 Å². The molecule has 0 aliphatic carbocycles. The molecule has 0 spiro atoms. The summed E-state index contributed by atoms with van der Waals surface area (Å²) in [5.41, 5.74) is -0.682. The first-order valence-electron chi connectivity index (χ1n) is 8.80. The smallest absolute Gasteiger partial charge is 0.396 e. The Hall–Kier alpha value is -3.20. The summed E-state index contributed by atoms with van der Waals surface area (Å²) in [6.07, 6.45) is -4.30. The van der Waals surface area contributed by atoms with Crippen LogP contribution in [0.4, 0.5) is 35.0 Å². The summed E-state index contributed by atoms with van der Waals surface area (Å²) in [5.74, 6) is -0.900. The molecular weight excluding hydrogens is 388 g/mol. The zero-order chi connectivity index (χ0) is 20.9. The maximum Gasteiger partial charge on any atom is 0.418 e. The van der Waals surface area contributed by atoms with Crippen LogP contribution in [0, 0.1) is 5.82 Å². The minimum atomic E-state index is -4.73. The third kappa shape index (κ3) is 5.20. The molecule has 0 aliphatic rings. The molecule has 152 valence electrons. The van der Waals surface area contributed by atoms with Gasteiger partial charge in [-0.2, -0.15) is 18.2 Å². The maximum absolute atomic E-state index is 14.2. The summed E-state index contributed by atoms with van der Waals surface area (Å²) >= 11 is 0. The molecule has 0 amide bonds. The Balaban J connectivity index is 2.02. The van der Waals surface area contributed by atoms with Crippen molar-refractivity contribution in [3.8, 4) is 11.3 Å². The lowest BCUT2D eigenvalue weighted by atomic mass is 10.1. The van der Waals surface area contributed by atoms with Gasteiger partial charge < -0.3 is 15.7 Å². The van der Waals surface area contributed by atoms with Gasteiger partial charge in [-0.25, -0.2) is 9.37 Å². The largest absolute Gasteiger partial charge is 0.418 e. The lowest BCUT2D eigenvalue weighted by Crippen LogP contribution is -2.12. The highest BCUT2D eigenvalue weighted by Crippen LogP contribution is 2.37. The number of nitrogens with one attached hydrogen (secondary N) is 2. The Bertz CT molecular complexity index is 964. The molecule has 5 nitrogen and oxygen atoms in total. The zero-order valence-corrected chi connectivity index (χ0v) is 15.2. The van der Waals surface area contributed by atoms with Crippen LogP contribution in [0.2, 0.25) is 0 Å². The Morgan fingerprint density at radius 1 is 0.966 bits per heavy atom. The van der Waals surface area contributed by atoms with Crippen LogP contribution in [0.25, 0.3) is 11.3 Å². The molecule has 3 N–H and O–H groups in total. The minimum absolute atomic E-state index is 0.000881. The van der Waals surface area contributed by atoms with Crippen molar-refractivity contribution < 1.29 is 22.7 Å². The van der Waals surface area contributed by atoms with Gasteiger partial charge in [0.05, 0.1) is 16.9 Å². The van der Waals surface area contributed by atoms with E-state index >= 15 is 0 Å². The third-order valence-corrected chi connectivity index (χ3v) is 3.99. The van der Waals surface area contributed by atoms with Crippen molar-refractivity contribution in [2.45, 2.75) is 12.6 Å². The number of aromatic nitrogens is 2. The predicted molar refractivity (Wildman–Crippen MR) is 102 cm³/mol. The van der Waals surface area contributed by atoms with E-state index in [1.807, 2.05) is 6.07 Å². The molecule has 3 rings (SSSR count). The highest BCUT2D eigenvalue weighted by molar-refractivity contribution is 5.69. The number of aliphatic hydroxyl groups excluding tert-OH is 1. The quantitative estimate of drug-likeness (QED) is 0.387. The fraction of sp³-hybridized carbons (Fsp3) is 0.200. The summed E-state index contributed by atoms with van der Waals surface area (Å²) in [4.78, 5) is 8.49. The van der Waals surface area contributed by atoms with Gasteiger partial charge in [-0.1, -0.05) is 36.4 Å². The number of nitrogens with zero attached hydrogens (tertiary/aromatic N) is 2. The van der Waals surface area contributed by atoms with Gasteiger partial charge in [-0.3, -0.25) is 0 Å². The van der Waals surface area contributed by atoms with E-state index in [4.69, 9.17) is 5.11 Å². The van der Waals surface area contributed by atoms with Crippen LogP contribution in [0.5, 0.6) is 0 Å². The Kier molecular flexibility index (Phi) is 6.28. The zero-order valence-electron chi connectivity index (χ0n) is 15.2. The molecule has 3 aromatic rings. The molecule has 0 saturated carbocycles. The molecule has 0 radical (unpaired) electrons. The summed E-state index contributed by atoms with van der Waals surface area (Å²) in [5, 5.41) is 14.3. The highest BCUT2D eigenvalue weighted by atomic mass is 19.4. The topological polar surface area (TPSA) is 70.1 Å². The molecule has 29 heavy (non-hydrogen) atoms. The van der Waals surface area contributed by atoms with Crippen LogP contribution in [0.15, 0.2) is 54.6 Å². The van der Waals surface area contributed by atoms with Gasteiger partial charge in [-0.15, -0.1) is 0 Å². The van der Waals surface area contributed by atoms with Crippen LogP contribution < -0.4 is 10.6 Å². The Morgan fingerprint density at radius 3 is 2.41 bits per heavy atom. The molecule has 2 aromatic carbocycles. The van der Waals surface area contributed by atoms with Gasteiger partial charge >= 0.3 is 6.18 Å². The van der Waals surface area contributed by atoms with Gasteiger partial charge in [0, 0.05) is 24.8 Å². The lowest BCUT2D eigenvalue weighted by Gasteiger charge is -2.16. The maximum atomic E-state index is 14.2. The number of halogens is 4. The van der Waals surface area contributed by atoms with E-state index in [1.54, 1.807) is 24.3 Å². The monoisotopic (exact) mass is 406 g/mol. The Morgan fingerprint density at radius 2 is 1.72 bits per heavy atom. The summed E-state index contributed by atoms with van der Waals surface area (Å²) in [7, 11) is 0. The van der Waals surface area contributed by atoms with Crippen LogP contribution in [-0.2, 0) is 6.18 Å². The van der Waals surface area contributed by atoms with Gasteiger partial charge in [0.25, 0.3) is 0 Å². The summed E-state index contributed by atoms with van der Waals surface area (Å²) in [6.45, 7) is 0.322. The van der Waals surface area contributed by atoms with E-state index in [1.165, 1.54) is 6.07 Å². The van der Waals surface area contributed by atoms with Crippen LogP contribution in [0.1, 0.15) is 12.0 Å². The van der Waals surface area contributed by atoms with Crippen LogP contribution in [-0.4, -0.2) is 28.2 Å². The third-order valence-electron chi connectivity index (χ3n) is 3.99.